The van der Waals surface area contributed by atoms with E-state index in [0.717, 1.165) is 0 Å². The third-order valence-corrected chi connectivity index (χ3v) is 1.39. The summed E-state index contributed by atoms with van der Waals surface area (Å²) in [6.07, 6.45) is -3.77. The first-order valence-electron chi connectivity index (χ1n) is 2.84. The lowest BCUT2D eigenvalue weighted by atomic mass is 10.1. The van der Waals surface area contributed by atoms with E-state index in [1.54, 1.807) is 0 Å². The number of cyclic esters (lactones) is 1. The average molecular weight is 148 g/mol. The highest BCUT2D eigenvalue weighted by molar-refractivity contribution is 5.77. The summed E-state index contributed by atoms with van der Waals surface area (Å²) in [4.78, 5) is 10.4. The molecule has 0 aliphatic carbocycles. The molecule has 1 aliphatic heterocycles. The minimum absolute atomic E-state index is 0.468. The molecule has 0 saturated carbocycles. The Kier molecular flexibility index (Phi) is 1.89. The zero-order valence-electron chi connectivity index (χ0n) is 5.10. The van der Waals surface area contributed by atoms with Gasteiger partial charge in [-0.2, -0.15) is 0 Å². The van der Waals surface area contributed by atoms with Crippen molar-refractivity contribution in [1.29, 1.82) is 0 Å². The molecule has 1 aliphatic rings. The Morgan fingerprint density at radius 3 is 2.30 bits per heavy atom. The van der Waals surface area contributed by atoms with Crippen LogP contribution >= 0.6 is 0 Å². The largest absolute Gasteiger partial charge is 0.455 e. The second-order valence-electron chi connectivity index (χ2n) is 2.09. The SMILES string of the molecule is O=C1O[C@@H](CO)[C@@H](O)C1O. The number of ether oxygens (including phenoxy) is 1. The van der Waals surface area contributed by atoms with Gasteiger partial charge in [0.1, 0.15) is 6.10 Å². The molecule has 1 heterocycles. The molecular weight excluding hydrogens is 140 g/mol. The first-order chi connectivity index (χ1) is 4.66. The summed E-state index contributed by atoms with van der Waals surface area (Å²) < 4.78 is 4.35. The maximum absolute atomic E-state index is 10.4. The van der Waals surface area contributed by atoms with Gasteiger partial charge in [0, 0.05) is 0 Å². The Morgan fingerprint density at radius 2 is 2.10 bits per heavy atom. The number of carbonyl (C=O) groups is 1. The molecule has 0 aromatic rings. The van der Waals surface area contributed by atoms with Crippen molar-refractivity contribution in [2.75, 3.05) is 6.61 Å². The van der Waals surface area contributed by atoms with Crippen molar-refractivity contribution in [3.8, 4) is 0 Å². The van der Waals surface area contributed by atoms with Gasteiger partial charge in [0.15, 0.2) is 12.2 Å². The quantitative estimate of drug-likeness (QED) is 0.362. The molecule has 58 valence electrons. The summed E-state index contributed by atoms with van der Waals surface area (Å²) >= 11 is 0. The summed E-state index contributed by atoms with van der Waals surface area (Å²) in [5, 5.41) is 26.0. The summed E-state index contributed by atoms with van der Waals surface area (Å²) in [5.74, 6) is -0.883. The van der Waals surface area contributed by atoms with Crippen LogP contribution < -0.4 is 0 Å². The van der Waals surface area contributed by atoms with Crippen LogP contribution in [0.3, 0.4) is 0 Å². The molecule has 3 atom stereocenters. The zero-order valence-corrected chi connectivity index (χ0v) is 5.10. The molecule has 1 rings (SSSR count). The first-order valence-corrected chi connectivity index (χ1v) is 2.84. The Labute approximate surface area is 56.9 Å². The Hall–Kier alpha value is -0.650. The van der Waals surface area contributed by atoms with Crippen molar-refractivity contribution in [2.24, 2.45) is 0 Å². The molecule has 1 unspecified atom stereocenters. The first kappa shape index (κ1) is 7.46. The van der Waals surface area contributed by atoms with Crippen molar-refractivity contribution in [2.45, 2.75) is 18.3 Å². The Morgan fingerprint density at radius 1 is 1.50 bits per heavy atom. The standard InChI is InChI=1S/C5H8O5/c6-1-2-3(7)4(8)5(9)10-2/h2-4,6-8H,1H2/t2-,3+,4?/m0/s1. The Bertz CT molecular complexity index is 145. The normalized spacial score (nSPS) is 39.9. The van der Waals surface area contributed by atoms with Crippen LogP contribution in [0.15, 0.2) is 0 Å². The van der Waals surface area contributed by atoms with Crippen molar-refractivity contribution < 1.29 is 24.9 Å². The molecule has 3 N–H and O–H groups in total. The molecule has 5 nitrogen and oxygen atoms in total. The predicted molar refractivity (Wildman–Crippen MR) is 29.0 cm³/mol. The van der Waals surface area contributed by atoms with Gasteiger partial charge in [0.2, 0.25) is 0 Å². The van der Waals surface area contributed by atoms with Gasteiger partial charge in [-0.15, -0.1) is 0 Å². The number of hydrogen-bond donors (Lipinski definition) is 3. The van der Waals surface area contributed by atoms with E-state index in [1.165, 1.54) is 0 Å². The number of esters is 1. The molecule has 10 heavy (non-hydrogen) atoms. The highest BCUT2D eigenvalue weighted by Crippen LogP contribution is 2.14. The van der Waals surface area contributed by atoms with Crippen LogP contribution in [0.5, 0.6) is 0 Å². The fourth-order valence-corrected chi connectivity index (χ4v) is 0.777. The summed E-state index contributed by atoms with van der Waals surface area (Å²) in [7, 11) is 0. The van der Waals surface area contributed by atoms with E-state index in [9.17, 15) is 4.79 Å². The molecule has 0 aromatic heterocycles. The van der Waals surface area contributed by atoms with E-state index >= 15 is 0 Å². The number of aliphatic hydroxyl groups excluding tert-OH is 3. The van der Waals surface area contributed by atoms with Crippen LogP contribution in [0, 0.1) is 0 Å². The van der Waals surface area contributed by atoms with Crippen LogP contribution in [0.1, 0.15) is 0 Å². The van der Waals surface area contributed by atoms with Crippen molar-refractivity contribution in [1.82, 2.24) is 0 Å². The molecule has 1 fully saturated rings. The van der Waals surface area contributed by atoms with Crippen LogP contribution in [0.2, 0.25) is 0 Å². The molecule has 0 amide bonds. The number of carbonyl (C=O) groups excluding carboxylic acids is 1. The van der Waals surface area contributed by atoms with E-state index in [-0.39, 0.29) is 0 Å². The average Bonchev–Trinajstić information content (AvgIpc) is 2.17. The van der Waals surface area contributed by atoms with Crippen molar-refractivity contribution in [3.05, 3.63) is 0 Å². The second-order valence-corrected chi connectivity index (χ2v) is 2.09. The third-order valence-electron chi connectivity index (χ3n) is 1.39. The summed E-state index contributed by atoms with van der Waals surface area (Å²) in [6, 6.07) is 0. The van der Waals surface area contributed by atoms with Crippen LogP contribution in [0.25, 0.3) is 0 Å². The summed E-state index contributed by atoms with van der Waals surface area (Å²) in [5.41, 5.74) is 0. The highest BCUT2D eigenvalue weighted by atomic mass is 16.6. The lowest BCUT2D eigenvalue weighted by molar-refractivity contribution is -0.148. The third kappa shape index (κ3) is 0.985. The van der Waals surface area contributed by atoms with E-state index in [2.05, 4.69) is 4.74 Å². The monoisotopic (exact) mass is 148 g/mol. The molecule has 0 aromatic carbocycles. The summed E-state index contributed by atoms with van der Waals surface area (Å²) in [6.45, 7) is -0.468. The molecule has 0 radical (unpaired) electrons. The molecule has 1 saturated heterocycles. The van der Waals surface area contributed by atoms with Gasteiger partial charge in [0.05, 0.1) is 6.61 Å². The van der Waals surface area contributed by atoms with E-state index in [4.69, 9.17) is 15.3 Å². The smallest absolute Gasteiger partial charge is 0.338 e. The lowest BCUT2D eigenvalue weighted by Gasteiger charge is -2.08. The van der Waals surface area contributed by atoms with E-state index < -0.39 is 30.9 Å². The predicted octanol–water partition coefficient (Wildman–Crippen LogP) is -2.37. The molecule has 0 spiro atoms. The number of aliphatic hydroxyl groups is 3. The van der Waals surface area contributed by atoms with Gasteiger partial charge in [-0.05, 0) is 0 Å². The molecule has 0 bridgehead atoms. The lowest BCUT2D eigenvalue weighted by Crippen LogP contribution is -2.32. The van der Waals surface area contributed by atoms with Crippen LogP contribution in [-0.2, 0) is 9.53 Å². The highest BCUT2D eigenvalue weighted by Gasteiger charge is 2.41. The van der Waals surface area contributed by atoms with Gasteiger partial charge in [-0.3, -0.25) is 0 Å². The van der Waals surface area contributed by atoms with E-state index in [1.807, 2.05) is 0 Å². The maximum Gasteiger partial charge on any atom is 0.338 e. The van der Waals surface area contributed by atoms with Gasteiger partial charge in [0.25, 0.3) is 0 Å². The van der Waals surface area contributed by atoms with Gasteiger partial charge < -0.3 is 20.1 Å². The molecule has 5 heteroatoms. The number of rotatable bonds is 1. The van der Waals surface area contributed by atoms with Gasteiger partial charge in [-0.25, -0.2) is 4.79 Å². The van der Waals surface area contributed by atoms with Crippen LogP contribution in [0.4, 0.5) is 0 Å². The second kappa shape index (κ2) is 2.53. The minimum atomic E-state index is -1.50. The molecular formula is C5H8O5. The van der Waals surface area contributed by atoms with Gasteiger partial charge >= 0.3 is 5.97 Å². The Balaban J connectivity index is 2.61. The van der Waals surface area contributed by atoms with Crippen LogP contribution in [-0.4, -0.2) is 46.2 Å². The number of hydrogen-bond acceptors (Lipinski definition) is 5. The van der Waals surface area contributed by atoms with Crippen molar-refractivity contribution >= 4 is 5.97 Å². The maximum atomic E-state index is 10.4. The van der Waals surface area contributed by atoms with Gasteiger partial charge in [-0.1, -0.05) is 0 Å². The topological polar surface area (TPSA) is 87.0 Å². The fourth-order valence-electron chi connectivity index (χ4n) is 0.777. The zero-order chi connectivity index (χ0) is 7.72. The minimum Gasteiger partial charge on any atom is -0.455 e. The van der Waals surface area contributed by atoms with Crippen molar-refractivity contribution in [3.63, 3.8) is 0 Å². The van der Waals surface area contributed by atoms with E-state index in [0.29, 0.717) is 0 Å². The fraction of sp³-hybridized carbons (Fsp3) is 0.800.